The fourth-order valence-corrected chi connectivity index (χ4v) is 4.79. The normalized spacial score (nSPS) is 11.9. The summed E-state index contributed by atoms with van der Waals surface area (Å²) in [5.41, 5.74) is 3.75. The van der Waals surface area contributed by atoms with Gasteiger partial charge in [-0.15, -0.1) is 0 Å². The molecule has 0 fully saturated rings. The zero-order valence-electron chi connectivity index (χ0n) is 20.4. The topological polar surface area (TPSA) is 114 Å². The van der Waals surface area contributed by atoms with E-state index in [1.807, 2.05) is 61.5 Å². The van der Waals surface area contributed by atoms with Gasteiger partial charge in [0.05, 0.1) is 12.0 Å². The number of unbranched alkanes of at least 4 members (excludes halogenated alkanes) is 1. The predicted octanol–water partition coefficient (Wildman–Crippen LogP) is 4.47. The Labute approximate surface area is 212 Å². The van der Waals surface area contributed by atoms with Crippen LogP contribution in [0.25, 0.3) is 11.1 Å². The number of anilines is 1. The van der Waals surface area contributed by atoms with E-state index in [2.05, 4.69) is 15.4 Å². The Morgan fingerprint density at radius 3 is 2.14 bits per heavy atom. The number of ether oxygens (including phenoxy) is 1. The van der Waals surface area contributed by atoms with Gasteiger partial charge in [-0.25, -0.2) is 13.2 Å². The van der Waals surface area contributed by atoms with Gasteiger partial charge in [-0.05, 0) is 61.6 Å². The van der Waals surface area contributed by atoms with Gasteiger partial charge in [-0.3, -0.25) is 4.79 Å². The smallest absolute Gasteiger partial charge is 0.323 e. The molecule has 0 saturated heterocycles. The molecule has 0 spiro atoms. The molecule has 0 bridgehead atoms. The average molecular weight is 510 g/mol. The zero-order valence-corrected chi connectivity index (χ0v) is 21.2. The number of rotatable bonds is 11. The molecule has 3 N–H and O–H groups in total. The summed E-state index contributed by atoms with van der Waals surface area (Å²) < 4.78 is 32.5. The second-order valence-corrected chi connectivity index (χ2v) is 10.0. The van der Waals surface area contributed by atoms with Crippen molar-refractivity contribution < 1.29 is 22.7 Å². The lowest BCUT2D eigenvalue weighted by atomic mass is 10.1. The Morgan fingerprint density at radius 2 is 1.50 bits per heavy atom. The first-order valence-corrected chi connectivity index (χ1v) is 13.1. The lowest BCUT2D eigenvalue weighted by Gasteiger charge is -2.17. The number of carbonyl (C=O) groups excluding carboxylic acids is 2. The third-order valence-electron chi connectivity index (χ3n) is 5.57. The fraction of sp³-hybridized carbons (Fsp3) is 0.259. The number of hydrogen-bond donors (Lipinski definition) is 3. The van der Waals surface area contributed by atoms with Crippen LogP contribution in [0.3, 0.4) is 0 Å². The highest BCUT2D eigenvalue weighted by Gasteiger charge is 2.26. The van der Waals surface area contributed by atoms with Gasteiger partial charge in [0.15, 0.2) is 0 Å². The van der Waals surface area contributed by atoms with Crippen LogP contribution in [0.15, 0.2) is 83.8 Å². The molecule has 0 aliphatic heterocycles. The molecule has 8 nitrogen and oxygen atoms in total. The minimum absolute atomic E-state index is 0.0807. The maximum absolute atomic E-state index is 12.6. The van der Waals surface area contributed by atoms with Crippen LogP contribution in [0.1, 0.15) is 24.8 Å². The van der Waals surface area contributed by atoms with Gasteiger partial charge in [0.1, 0.15) is 6.04 Å². The molecule has 1 unspecified atom stereocenters. The number of carbonyl (C=O) groups is 2. The maximum atomic E-state index is 12.6. The van der Waals surface area contributed by atoms with Crippen LogP contribution in [0.5, 0.6) is 0 Å². The number of methoxy groups -OCH3 is 1. The molecule has 0 aliphatic rings. The Morgan fingerprint density at radius 1 is 0.861 bits per heavy atom. The number of urea groups is 1. The van der Waals surface area contributed by atoms with Crippen LogP contribution >= 0.6 is 0 Å². The Bertz CT molecular complexity index is 1240. The molecule has 0 aromatic heterocycles. The van der Waals surface area contributed by atoms with Crippen LogP contribution in [0, 0.1) is 6.92 Å². The van der Waals surface area contributed by atoms with Crippen molar-refractivity contribution in [3.63, 3.8) is 0 Å². The van der Waals surface area contributed by atoms with Crippen LogP contribution in [0.2, 0.25) is 0 Å². The zero-order chi connectivity index (χ0) is 26.0. The SMILES string of the molecule is COC(=O)C(CCCCNC(=O)Nc1ccc(-c2ccccc2)cc1)NS(=O)(=O)c1ccc(C)cc1. The number of aryl methyl sites for hydroxylation is 1. The van der Waals surface area contributed by atoms with Crippen LogP contribution < -0.4 is 15.4 Å². The minimum atomic E-state index is -3.87. The molecule has 2 amide bonds. The summed E-state index contributed by atoms with van der Waals surface area (Å²) in [5, 5.41) is 5.55. The van der Waals surface area contributed by atoms with E-state index in [-0.39, 0.29) is 17.3 Å². The highest BCUT2D eigenvalue weighted by Crippen LogP contribution is 2.21. The second-order valence-electron chi connectivity index (χ2n) is 8.33. The average Bonchev–Trinajstić information content (AvgIpc) is 2.88. The lowest BCUT2D eigenvalue weighted by molar-refractivity contribution is -0.142. The Kier molecular flexibility index (Phi) is 9.61. The van der Waals surface area contributed by atoms with Gasteiger partial charge >= 0.3 is 12.0 Å². The highest BCUT2D eigenvalue weighted by molar-refractivity contribution is 7.89. The van der Waals surface area contributed by atoms with Crippen molar-refractivity contribution in [1.82, 2.24) is 10.0 Å². The van der Waals surface area contributed by atoms with E-state index in [9.17, 15) is 18.0 Å². The number of amides is 2. The van der Waals surface area contributed by atoms with Crippen molar-refractivity contribution in [1.29, 1.82) is 0 Å². The molecule has 9 heteroatoms. The molecule has 3 rings (SSSR count). The van der Waals surface area contributed by atoms with Crippen LogP contribution in [0.4, 0.5) is 10.5 Å². The van der Waals surface area contributed by atoms with Gasteiger partial charge < -0.3 is 15.4 Å². The first-order chi connectivity index (χ1) is 17.3. The summed E-state index contributed by atoms with van der Waals surface area (Å²) in [7, 11) is -2.66. The molecule has 0 heterocycles. The largest absolute Gasteiger partial charge is 0.468 e. The Hall–Kier alpha value is -3.69. The van der Waals surface area contributed by atoms with E-state index in [0.717, 1.165) is 16.7 Å². The minimum Gasteiger partial charge on any atom is -0.468 e. The van der Waals surface area contributed by atoms with Crippen molar-refractivity contribution >= 4 is 27.7 Å². The van der Waals surface area contributed by atoms with Crippen LogP contribution in [-0.2, 0) is 19.6 Å². The van der Waals surface area contributed by atoms with Gasteiger partial charge in [-0.1, -0.05) is 60.2 Å². The molecule has 190 valence electrons. The molecule has 0 aliphatic carbocycles. The number of benzene rings is 3. The van der Waals surface area contributed by atoms with Gasteiger partial charge in [0.25, 0.3) is 0 Å². The molecular weight excluding hydrogens is 478 g/mol. The van der Waals surface area contributed by atoms with Gasteiger partial charge in [0.2, 0.25) is 10.0 Å². The molecule has 0 radical (unpaired) electrons. The number of hydrogen-bond acceptors (Lipinski definition) is 5. The summed E-state index contributed by atoms with van der Waals surface area (Å²) in [6.07, 6.45) is 1.30. The fourth-order valence-electron chi connectivity index (χ4n) is 3.57. The number of sulfonamides is 1. The number of esters is 1. The van der Waals surface area contributed by atoms with Crippen molar-refractivity contribution in [3.05, 3.63) is 84.4 Å². The van der Waals surface area contributed by atoms with E-state index < -0.39 is 22.0 Å². The second kappa shape index (κ2) is 12.9. The predicted molar refractivity (Wildman–Crippen MR) is 140 cm³/mol. The third kappa shape index (κ3) is 7.93. The summed E-state index contributed by atoms with van der Waals surface area (Å²) in [6, 6.07) is 22.5. The van der Waals surface area contributed by atoms with Crippen molar-refractivity contribution in [2.24, 2.45) is 0 Å². The van der Waals surface area contributed by atoms with Crippen molar-refractivity contribution in [2.75, 3.05) is 19.0 Å². The van der Waals surface area contributed by atoms with E-state index >= 15 is 0 Å². The summed E-state index contributed by atoms with van der Waals surface area (Å²) in [5.74, 6) is -0.657. The number of nitrogens with one attached hydrogen (secondary N) is 3. The molecule has 3 aromatic rings. The molecule has 1 atom stereocenters. The Balaban J connectivity index is 1.43. The quantitative estimate of drug-likeness (QED) is 0.261. The van der Waals surface area contributed by atoms with Gasteiger partial charge in [-0.2, -0.15) is 4.72 Å². The van der Waals surface area contributed by atoms with E-state index in [1.54, 1.807) is 12.1 Å². The summed E-state index contributed by atoms with van der Waals surface area (Å²) in [6.45, 7) is 2.23. The molecular formula is C27H31N3O5S. The van der Waals surface area contributed by atoms with E-state index in [0.29, 0.717) is 25.1 Å². The third-order valence-corrected chi connectivity index (χ3v) is 7.06. The van der Waals surface area contributed by atoms with Crippen molar-refractivity contribution in [2.45, 2.75) is 37.1 Å². The standard InChI is InChI=1S/C27H31N3O5S/c1-20-11-17-24(18-12-20)36(33,34)30-25(26(31)35-2)10-6-7-19-28-27(32)29-23-15-13-22(14-16-23)21-8-4-3-5-9-21/h3-5,8-9,11-18,25,30H,6-7,10,19H2,1-2H3,(H2,28,29,32). The lowest BCUT2D eigenvalue weighted by Crippen LogP contribution is -2.41. The van der Waals surface area contributed by atoms with Gasteiger partial charge in [0, 0.05) is 12.2 Å². The molecule has 36 heavy (non-hydrogen) atoms. The first kappa shape index (κ1) is 26.9. The highest BCUT2D eigenvalue weighted by atomic mass is 32.2. The summed E-state index contributed by atoms with van der Waals surface area (Å²) >= 11 is 0. The monoisotopic (exact) mass is 509 g/mol. The molecule has 3 aromatic carbocycles. The summed E-state index contributed by atoms with van der Waals surface area (Å²) in [4.78, 5) is 24.4. The van der Waals surface area contributed by atoms with Crippen LogP contribution in [-0.4, -0.2) is 40.1 Å². The van der Waals surface area contributed by atoms with E-state index in [1.165, 1.54) is 19.2 Å². The van der Waals surface area contributed by atoms with Crippen molar-refractivity contribution in [3.8, 4) is 11.1 Å². The van der Waals surface area contributed by atoms with E-state index in [4.69, 9.17) is 4.74 Å². The maximum Gasteiger partial charge on any atom is 0.323 e. The molecule has 0 saturated carbocycles. The first-order valence-electron chi connectivity index (χ1n) is 11.7.